The summed E-state index contributed by atoms with van der Waals surface area (Å²) >= 11 is 6.29. The predicted molar refractivity (Wildman–Crippen MR) is 82.6 cm³/mol. The molecular formula is C15H14ClN3O3. The SMILES string of the molecule is Cc1noc(C)c1-c1c(Cl)cn2c(=O)c(C)c(C)nc2c1O. The number of aromatic hydroxyl groups is 1. The lowest BCUT2D eigenvalue weighted by Crippen LogP contribution is -2.19. The van der Waals surface area contributed by atoms with Crippen LogP contribution in [0.25, 0.3) is 16.8 Å². The molecule has 3 rings (SSSR count). The number of aryl methyl sites for hydroxylation is 3. The zero-order valence-electron chi connectivity index (χ0n) is 12.6. The van der Waals surface area contributed by atoms with Crippen molar-refractivity contribution in [1.29, 1.82) is 0 Å². The number of rotatable bonds is 1. The second-order valence-corrected chi connectivity index (χ2v) is 5.63. The number of fused-ring (bicyclic) bond motifs is 1. The molecule has 3 aromatic rings. The second-order valence-electron chi connectivity index (χ2n) is 5.22. The highest BCUT2D eigenvalue weighted by Gasteiger charge is 2.22. The van der Waals surface area contributed by atoms with E-state index in [0.29, 0.717) is 33.8 Å². The molecule has 0 saturated carbocycles. The summed E-state index contributed by atoms with van der Waals surface area (Å²) in [4.78, 5) is 16.6. The Labute approximate surface area is 131 Å². The molecule has 22 heavy (non-hydrogen) atoms. The lowest BCUT2D eigenvalue weighted by molar-refractivity contribution is 0.393. The smallest absolute Gasteiger partial charge is 0.261 e. The monoisotopic (exact) mass is 319 g/mol. The first-order valence-electron chi connectivity index (χ1n) is 6.67. The van der Waals surface area contributed by atoms with Gasteiger partial charge in [-0.15, -0.1) is 0 Å². The predicted octanol–water partition coefficient (Wildman–Crippen LogP) is 2.94. The van der Waals surface area contributed by atoms with E-state index in [1.165, 1.54) is 10.6 Å². The van der Waals surface area contributed by atoms with Gasteiger partial charge in [-0.25, -0.2) is 4.98 Å². The van der Waals surface area contributed by atoms with Gasteiger partial charge >= 0.3 is 0 Å². The standard InChI is InChI=1S/C15H14ClN3O3/c1-6-7(2)17-14-13(20)12(10(16)5-19(14)15(6)21)11-8(3)18-22-9(11)4/h5,20H,1-4H3. The van der Waals surface area contributed by atoms with Gasteiger partial charge in [0, 0.05) is 17.5 Å². The van der Waals surface area contributed by atoms with Crippen LogP contribution in [0.15, 0.2) is 15.5 Å². The Morgan fingerprint density at radius 1 is 1.18 bits per heavy atom. The minimum absolute atomic E-state index is 0.160. The van der Waals surface area contributed by atoms with Crippen LogP contribution in [0.1, 0.15) is 22.7 Å². The highest BCUT2D eigenvalue weighted by atomic mass is 35.5. The molecule has 1 N–H and O–H groups in total. The van der Waals surface area contributed by atoms with E-state index in [9.17, 15) is 9.90 Å². The van der Waals surface area contributed by atoms with Gasteiger partial charge in [0.15, 0.2) is 11.4 Å². The molecule has 0 aliphatic rings. The molecule has 0 aliphatic carbocycles. The van der Waals surface area contributed by atoms with E-state index < -0.39 is 0 Å². The molecule has 0 fully saturated rings. The third kappa shape index (κ3) is 1.91. The fourth-order valence-electron chi connectivity index (χ4n) is 2.50. The van der Waals surface area contributed by atoms with Crippen molar-refractivity contribution >= 4 is 17.2 Å². The summed E-state index contributed by atoms with van der Waals surface area (Å²) in [5, 5.41) is 14.7. The Bertz CT molecular complexity index is 953. The quantitative estimate of drug-likeness (QED) is 0.746. The minimum atomic E-state index is -0.259. The second kappa shape index (κ2) is 4.84. The summed E-state index contributed by atoms with van der Waals surface area (Å²) in [5.74, 6) is 0.368. The number of halogens is 1. The largest absolute Gasteiger partial charge is 0.504 e. The fourth-order valence-corrected chi connectivity index (χ4v) is 2.78. The van der Waals surface area contributed by atoms with E-state index >= 15 is 0 Å². The molecule has 0 atom stereocenters. The van der Waals surface area contributed by atoms with Crippen molar-refractivity contribution in [2.45, 2.75) is 27.7 Å². The molecule has 6 nitrogen and oxygen atoms in total. The van der Waals surface area contributed by atoms with E-state index in [1.807, 2.05) is 0 Å². The fraction of sp³-hybridized carbons (Fsp3) is 0.267. The molecule has 3 aromatic heterocycles. The molecule has 114 valence electrons. The Morgan fingerprint density at radius 3 is 2.45 bits per heavy atom. The van der Waals surface area contributed by atoms with Gasteiger partial charge in [0.2, 0.25) is 0 Å². The third-order valence-corrected chi connectivity index (χ3v) is 4.08. The van der Waals surface area contributed by atoms with Crippen LogP contribution in [-0.2, 0) is 0 Å². The number of nitrogens with zero attached hydrogens (tertiary/aromatic N) is 3. The lowest BCUT2D eigenvalue weighted by Gasteiger charge is -2.12. The van der Waals surface area contributed by atoms with E-state index in [0.717, 1.165) is 0 Å². The first-order chi connectivity index (χ1) is 10.3. The van der Waals surface area contributed by atoms with Crippen LogP contribution < -0.4 is 5.56 Å². The highest BCUT2D eigenvalue weighted by molar-refractivity contribution is 6.33. The van der Waals surface area contributed by atoms with Crippen molar-refractivity contribution in [2.75, 3.05) is 0 Å². The van der Waals surface area contributed by atoms with Crippen LogP contribution in [0.2, 0.25) is 5.02 Å². The third-order valence-electron chi connectivity index (χ3n) is 3.80. The normalized spacial score (nSPS) is 11.3. The number of hydrogen-bond donors (Lipinski definition) is 1. The molecule has 7 heteroatoms. The zero-order chi connectivity index (χ0) is 16.2. The van der Waals surface area contributed by atoms with E-state index in [1.54, 1.807) is 27.7 Å². The Kier molecular flexibility index (Phi) is 3.21. The van der Waals surface area contributed by atoms with Crippen LogP contribution in [0.4, 0.5) is 0 Å². The molecule has 0 radical (unpaired) electrons. The molecule has 3 heterocycles. The van der Waals surface area contributed by atoms with Gasteiger partial charge in [-0.2, -0.15) is 0 Å². The molecule has 0 aliphatic heterocycles. The maximum absolute atomic E-state index is 12.3. The van der Waals surface area contributed by atoms with Crippen LogP contribution in [0.3, 0.4) is 0 Å². The van der Waals surface area contributed by atoms with Crippen molar-refractivity contribution in [1.82, 2.24) is 14.5 Å². The topological polar surface area (TPSA) is 80.6 Å². The molecule has 0 saturated heterocycles. The van der Waals surface area contributed by atoms with E-state index in [-0.39, 0.29) is 22.0 Å². The van der Waals surface area contributed by atoms with E-state index in [4.69, 9.17) is 16.1 Å². The summed E-state index contributed by atoms with van der Waals surface area (Å²) < 4.78 is 6.38. The zero-order valence-corrected chi connectivity index (χ0v) is 13.3. The van der Waals surface area contributed by atoms with Crippen molar-refractivity contribution in [3.05, 3.63) is 44.3 Å². The van der Waals surface area contributed by atoms with Gasteiger partial charge in [0.05, 0.1) is 21.8 Å². The van der Waals surface area contributed by atoms with Crippen molar-refractivity contribution < 1.29 is 9.63 Å². The lowest BCUT2D eigenvalue weighted by atomic mass is 10.0. The molecule has 0 bridgehead atoms. The van der Waals surface area contributed by atoms with Gasteiger partial charge in [0.25, 0.3) is 5.56 Å². The summed E-state index contributed by atoms with van der Waals surface area (Å²) in [6, 6.07) is 0. The first-order valence-corrected chi connectivity index (χ1v) is 7.05. The minimum Gasteiger partial charge on any atom is -0.504 e. The van der Waals surface area contributed by atoms with Crippen LogP contribution in [-0.4, -0.2) is 19.6 Å². The molecule has 0 spiro atoms. The Hall–Kier alpha value is -2.34. The summed E-state index contributed by atoms with van der Waals surface area (Å²) in [6.45, 7) is 6.89. The first kappa shape index (κ1) is 14.6. The number of aromatic nitrogens is 3. The number of hydrogen-bond acceptors (Lipinski definition) is 5. The highest BCUT2D eigenvalue weighted by Crippen LogP contribution is 2.40. The van der Waals surface area contributed by atoms with Crippen LogP contribution in [0, 0.1) is 27.7 Å². The Morgan fingerprint density at radius 2 is 1.86 bits per heavy atom. The van der Waals surface area contributed by atoms with Crippen molar-refractivity contribution in [3.8, 4) is 16.9 Å². The maximum Gasteiger partial charge on any atom is 0.261 e. The summed E-state index contributed by atoms with van der Waals surface area (Å²) in [6.07, 6.45) is 1.46. The molecule has 0 unspecified atom stereocenters. The summed E-state index contributed by atoms with van der Waals surface area (Å²) in [7, 11) is 0. The average molecular weight is 320 g/mol. The van der Waals surface area contributed by atoms with Gasteiger partial charge in [-0.05, 0) is 27.7 Å². The van der Waals surface area contributed by atoms with Gasteiger partial charge in [0.1, 0.15) is 5.76 Å². The van der Waals surface area contributed by atoms with Gasteiger partial charge in [-0.3, -0.25) is 9.20 Å². The van der Waals surface area contributed by atoms with Crippen molar-refractivity contribution in [3.63, 3.8) is 0 Å². The van der Waals surface area contributed by atoms with Crippen LogP contribution >= 0.6 is 11.6 Å². The molecular weight excluding hydrogens is 306 g/mol. The molecule has 0 aromatic carbocycles. The van der Waals surface area contributed by atoms with E-state index in [2.05, 4.69) is 10.1 Å². The van der Waals surface area contributed by atoms with Crippen molar-refractivity contribution in [2.24, 2.45) is 0 Å². The molecule has 0 amide bonds. The van der Waals surface area contributed by atoms with Gasteiger partial charge in [-0.1, -0.05) is 16.8 Å². The Balaban J connectivity index is 2.50. The van der Waals surface area contributed by atoms with Gasteiger partial charge < -0.3 is 9.63 Å². The summed E-state index contributed by atoms with van der Waals surface area (Å²) in [5.41, 5.74) is 2.55. The average Bonchev–Trinajstić information content (AvgIpc) is 2.79. The maximum atomic E-state index is 12.3. The van der Waals surface area contributed by atoms with Crippen LogP contribution in [0.5, 0.6) is 5.75 Å². The number of pyridine rings is 1.